The molecule has 0 spiro atoms. The smallest absolute Gasteiger partial charge is 0.258 e. The SMILES string of the molecule is O=[N+]([O-])c1ccc(Cc2ccc(CBr)cc2)cc1. The number of rotatable bonds is 4. The number of hydrogen-bond acceptors (Lipinski definition) is 2. The van der Waals surface area contributed by atoms with E-state index in [9.17, 15) is 10.1 Å². The molecular weight excluding hydrogens is 294 g/mol. The lowest BCUT2D eigenvalue weighted by Gasteiger charge is -2.03. The van der Waals surface area contributed by atoms with Gasteiger partial charge in [0, 0.05) is 17.5 Å². The molecule has 0 amide bonds. The average molecular weight is 306 g/mol. The first-order chi connectivity index (χ1) is 8.69. The first kappa shape index (κ1) is 12.8. The lowest BCUT2D eigenvalue weighted by molar-refractivity contribution is -0.384. The summed E-state index contributed by atoms with van der Waals surface area (Å²) in [4.78, 5) is 10.2. The minimum absolute atomic E-state index is 0.133. The van der Waals surface area contributed by atoms with Crippen LogP contribution in [0.4, 0.5) is 5.69 Å². The van der Waals surface area contributed by atoms with Crippen molar-refractivity contribution in [2.45, 2.75) is 11.8 Å². The van der Waals surface area contributed by atoms with E-state index in [-0.39, 0.29) is 10.6 Å². The lowest BCUT2D eigenvalue weighted by Crippen LogP contribution is -1.91. The summed E-state index contributed by atoms with van der Waals surface area (Å²) in [5, 5.41) is 11.4. The van der Waals surface area contributed by atoms with Crippen LogP contribution in [0.15, 0.2) is 48.5 Å². The average Bonchev–Trinajstić information content (AvgIpc) is 2.40. The number of alkyl halides is 1. The maximum Gasteiger partial charge on any atom is 0.269 e. The number of non-ortho nitro benzene ring substituents is 1. The van der Waals surface area contributed by atoms with Crippen molar-refractivity contribution in [1.82, 2.24) is 0 Å². The van der Waals surface area contributed by atoms with Gasteiger partial charge in [-0.1, -0.05) is 52.3 Å². The highest BCUT2D eigenvalue weighted by molar-refractivity contribution is 9.08. The summed E-state index contributed by atoms with van der Waals surface area (Å²) in [6.45, 7) is 0. The van der Waals surface area contributed by atoms with Gasteiger partial charge < -0.3 is 0 Å². The molecule has 0 heterocycles. The topological polar surface area (TPSA) is 43.1 Å². The minimum Gasteiger partial charge on any atom is -0.258 e. The van der Waals surface area contributed by atoms with E-state index in [4.69, 9.17) is 0 Å². The van der Waals surface area contributed by atoms with E-state index in [1.54, 1.807) is 24.3 Å². The number of nitro groups is 1. The number of hydrogen-bond donors (Lipinski definition) is 0. The third-order valence-corrected chi connectivity index (χ3v) is 3.38. The number of nitrogens with zero attached hydrogens (tertiary/aromatic N) is 1. The molecule has 3 nitrogen and oxygen atoms in total. The van der Waals surface area contributed by atoms with E-state index in [1.807, 2.05) is 0 Å². The van der Waals surface area contributed by atoms with Gasteiger partial charge in [-0.3, -0.25) is 10.1 Å². The van der Waals surface area contributed by atoms with E-state index >= 15 is 0 Å². The van der Waals surface area contributed by atoms with E-state index in [0.717, 1.165) is 17.3 Å². The first-order valence-electron chi connectivity index (χ1n) is 5.56. The number of benzene rings is 2. The van der Waals surface area contributed by atoms with Gasteiger partial charge in [-0.2, -0.15) is 0 Å². The Labute approximate surface area is 114 Å². The molecule has 2 rings (SSSR count). The second-order valence-electron chi connectivity index (χ2n) is 4.05. The van der Waals surface area contributed by atoms with Crippen LogP contribution in [0.25, 0.3) is 0 Å². The zero-order chi connectivity index (χ0) is 13.0. The quantitative estimate of drug-likeness (QED) is 0.485. The molecule has 0 aliphatic heterocycles. The molecular formula is C14H12BrNO2. The Bertz CT molecular complexity index is 535. The van der Waals surface area contributed by atoms with E-state index in [1.165, 1.54) is 11.1 Å². The summed E-state index contributed by atoms with van der Waals surface area (Å²) in [5.74, 6) is 0. The maximum atomic E-state index is 10.5. The monoisotopic (exact) mass is 305 g/mol. The molecule has 0 aromatic heterocycles. The largest absolute Gasteiger partial charge is 0.269 e. The fraction of sp³-hybridized carbons (Fsp3) is 0.143. The van der Waals surface area contributed by atoms with Crippen molar-refractivity contribution < 1.29 is 4.92 Å². The van der Waals surface area contributed by atoms with Gasteiger partial charge in [0.25, 0.3) is 5.69 Å². The lowest BCUT2D eigenvalue weighted by atomic mass is 10.0. The molecule has 2 aromatic carbocycles. The molecule has 18 heavy (non-hydrogen) atoms. The highest BCUT2D eigenvalue weighted by Crippen LogP contribution is 2.16. The standard InChI is InChI=1S/C14H12BrNO2/c15-10-13-3-1-11(2-4-13)9-12-5-7-14(8-6-12)16(17)18/h1-8H,9-10H2. The highest BCUT2D eigenvalue weighted by Gasteiger charge is 2.04. The Balaban J connectivity index is 2.10. The van der Waals surface area contributed by atoms with E-state index < -0.39 is 0 Å². The van der Waals surface area contributed by atoms with Crippen molar-refractivity contribution in [3.05, 3.63) is 75.3 Å². The zero-order valence-corrected chi connectivity index (χ0v) is 11.3. The first-order valence-corrected chi connectivity index (χ1v) is 6.68. The Morgan fingerprint density at radius 1 is 0.889 bits per heavy atom. The van der Waals surface area contributed by atoms with Crippen LogP contribution in [0.5, 0.6) is 0 Å². The Kier molecular flexibility index (Phi) is 4.10. The van der Waals surface area contributed by atoms with E-state index in [2.05, 4.69) is 40.2 Å². The maximum absolute atomic E-state index is 10.5. The highest BCUT2D eigenvalue weighted by atomic mass is 79.9. The van der Waals surface area contributed by atoms with Crippen molar-refractivity contribution in [3.8, 4) is 0 Å². The van der Waals surface area contributed by atoms with Crippen LogP contribution in [0.2, 0.25) is 0 Å². The third kappa shape index (κ3) is 3.17. The molecule has 0 fully saturated rings. The molecule has 0 aliphatic rings. The Morgan fingerprint density at radius 2 is 1.33 bits per heavy atom. The molecule has 92 valence electrons. The predicted octanol–water partition coefficient (Wildman–Crippen LogP) is 4.08. The molecule has 0 bridgehead atoms. The normalized spacial score (nSPS) is 10.3. The molecule has 4 heteroatoms. The fourth-order valence-corrected chi connectivity index (χ4v) is 2.09. The zero-order valence-electron chi connectivity index (χ0n) is 9.67. The third-order valence-electron chi connectivity index (χ3n) is 2.73. The van der Waals surface area contributed by atoms with Crippen molar-refractivity contribution in [1.29, 1.82) is 0 Å². The van der Waals surface area contributed by atoms with Gasteiger partial charge in [-0.25, -0.2) is 0 Å². The van der Waals surface area contributed by atoms with Gasteiger partial charge in [0.15, 0.2) is 0 Å². The van der Waals surface area contributed by atoms with Crippen molar-refractivity contribution in [2.75, 3.05) is 0 Å². The summed E-state index contributed by atoms with van der Waals surface area (Å²) in [5.41, 5.74) is 3.65. The molecule has 0 saturated heterocycles. The fourth-order valence-electron chi connectivity index (χ4n) is 1.72. The molecule has 0 radical (unpaired) electrons. The van der Waals surface area contributed by atoms with Crippen molar-refractivity contribution in [2.24, 2.45) is 0 Å². The minimum atomic E-state index is -0.380. The van der Waals surface area contributed by atoms with Crippen molar-refractivity contribution >= 4 is 21.6 Å². The van der Waals surface area contributed by atoms with Gasteiger partial charge in [0.05, 0.1) is 4.92 Å². The van der Waals surface area contributed by atoms with Crippen LogP contribution in [0.3, 0.4) is 0 Å². The summed E-state index contributed by atoms with van der Waals surface area (Å²) in [6, 6.07) is 15.0. The summed E-state index contributed by atoms with van der Waals surface area (Å²) in [6.07, 6.45) is 0.792. The Hall–Kier alpha value is -1.68. The van der Waals surface area contributed by atoms with Crippen LogP contribution in [-0.4, -0.2) is 4.92 Å². The van der Waals surface area contributed by atoms with E-state index in [0.29, 0.717) is 0 Å². The second-order valence-corrected chi connectivity index (χ2v) is 4.61. The summed E-state index contributed by atoms with van der Waals surface area (Å²) in [7, 11) is 0. The van der Waals surface area contributed by atoms with Crippen LogP contribution >= 0.6 is 15.9 Å². The Morgan fingerprint density at radius 3 is 1.78 bits per heavy atom. The van der Waals surface area contributed by atoms with Gasteiger partial charge >= 0.3 is 0 Å². The summed E-state index contributed by atoms with van der Waals surface area (Å²) < 4.78 is 0. The van der Waals surface area contributed by atoms with Gasteiger partial charge in [0.1, 0.15) is 0 Å². The van der Waals surface area contributed by atoms with Crippen LogP contribution < -0.4 is 0 Å². The van der Waals surface area contributed by atoms with Gasteiger partial charge in [0.2, 0.25) is 0 Å². The van der Waals surface area contributed by atoms with Gasteiger partial charge in [-0.15, -0.1) is 0 Å². The second kappa shape index (κ2) is 5.78. The van der Waals surface area contributed by atoms with Crippen molar-refractivity contribution in [3.63, 3.8) is 0 Å². The van der Waals surface area contributed by atoms with Gasteiger partial charge in [-0.05, 0) is 23.1 Å². The number of halogens is 1. The van der Waals surface area contributed by atoms with Crippen LogP contribution in [-0.2, 0) is 11.8 Å². The van der Waals surface area contributed by atoms with Crippen LogP contribution in [0, 0.1) is 10.1 Å². The summed E-state index contributed by atoms with van der Waals surface area (Å²) >= 11 is 3.41. The molecule has 0 atom stereocenters. The van der Waals surface area contributed by atoms with Crippen LogP contribution in [0.1, 0.15) is 16.7 Å². The molecule has 0 aliphatic carbocycles. The molecule has 0 N–H and O–H groups in total. The molecule has 0 saturated carbocycles. The molecule has 2 aromatic rings. The molecule has 0 unspecified atom stereocenters. The number of nitro benzene ring substituents is 1. The predicted molar refractivity (Wildman–Crippen MR) is 75.0 cm³/mol.